The smallest absolute Gasteiger partial charge is 0.316 e. The molecule has 8 nitrogen and oxygen atoms in total. The Labute approximate surface area is 142 Å². The van der Waals surface area contributed by atoms with E-state index in [1.165, 1.54) is 25.1 Å². The molecule has 1 aliphatic heterocycles. The molecule has 24 heavy (non-hydrogen) atoms. The SMILES string of the molecule is COc1ncc(-c2ccc(O[C@H]3SC[C@@H](O)[C@H](O)[C@H]3O)cn2)cn1. The Bertz CT molecular complexity index is 670. The zero-order chi connectivity index (χ0) is 17.1. The van der Waals surface area contributed by atoms with Gasteiger partial charge in [-0.3, -0.25) is 4.98 Å². The van der Waals surface area contributed by atoms with Gasteiger partial charge in [-0.2, -0.15) is 0 Å². The second kappa shape index (κ2) is 7.31. The third-order valence-corrected chi connectivity index (χ3v) is 4.79. The molecule has 128 valence electrons. The summed E-state index contributed by atoms with van der Waals surface area (Å²) in [6, 6.07) is 3.73. The maximum atomic E-state index is 9.95. The van der Waals surface area contributed by atoms with Crippen LogP contribution in [0.2, 0.25) is 0 Å². The predicted octanol–water partition coefficient (Wildman–Crippen LogP) is 0.0816. The number of rotatable bonds is 4. The summed E-state index contributed by atoms with van der Waals surface area (Å²) in [6.45, 7) is 0. The third kappa shape index (κ3) is 3.59. The maximum absolute atomic E-state index is 9.95. The number of aliphatic hydroxyl groups excluding tert-OH is 3. The second-order valence-corrected chi connectivity index (χ2v) is 6.34. The Hall–Kier alpha value is -1.94. The molecular weight excluding hydrogens is 334 g/mol. The van der Waals surface area contributed by atoms with E-state index in [2.05, 4.69) is 15.0 Å². The van der Waals surface area contributed by atoms with E-state index in [1.807, 2.05) is 0 Å². The highest BCUT2D eigenvalue weighted by molar-refractivity contribution is 7.99. The molecule has 3 N–H and O–H groups in total. The van der Waals surface area contributed by atoms with Gasteiger partial charge in [-0.05, 0) is 12.1 Å². The first-order chi connectivity index (χ1) is 11.6. The Morgan fingerprint density at radius 2 is 1.79 bits per heavy atom. The van der Waals surface area contributed by atoms with E-state index in [4.69, 9.17) is 9.47 Å². The molecule has 0 radical (unpaired) electrons. The minimum Gasteiger partial charge on any atom is -0.475 e. The van der Waals surface area contributed by atoms with Crippen LogP contribution in [0, 0.1) is 0 Å². The van der Waals surface area contributed by atoms with Crippen molar-refractivity contribution in [2.24, 2.45) is 0 Å². The van der Waals surface area contributed by atoms with Crippen LogP contribution in [0.15, 0.2) is 30.7 Å². The van der Waals surface area contributed by atoms with Crippen LogP contribution in [0.1, 0.15) is 0 Å². The van der Waals surface area contributed by atoms with Gasteiger partial charge in [-0.1, -0.05) is 0 Å². The van der Waals surface area contributed by atoms with Gasteiger partial charge in [-0.25, -0.2) is 9.97 Å². The van der Waals surface area contributed by atoms with E-state index in [-0.39, 0.29) is 11.8 Å². The van der Waals surface area contributed by atoms with Gasteiger partial charge >= 0.3 is 6.01 Å². The minimum atomic E-state index is -1.22. The summed E-state index contributed by atoms with van der Waals surface area (Å²) in [7, 11) is 1.49. The largest absolute Gasteiger partial charge is 0.475 e. The first-order valence-electron chi connectivity index (χ1n) is 7.23. The summed E-state index contributed by atoms with van der Waals surface area (Å²) in [5.41, 5.74) is 0.727. The number of nitrogens with zero attached hydrogens (tertiary/aromatic N) is 3. The number of hydrogen-bond donors (Lipinski definition) is 3. The molecule has 0 spiro atoms. The van der Waals surface area contributed by atoms with Crippen LogP contribution in [0.3, 0.4) is 0 Å². The lowest BCUT2D eigenvalue weighted by Gasteiger charge is -2.34. The number of aromatic nitrogens is 3. The van der Waals surface area contributed by atoms with E-state index in [1.54, 1.807) is 24.5 Å². The van der Waals surface area contributed by atoms with Gasteiger partial charge in [0, 0.05) is 23.7 Å². The molecule has 0 bridgehead atoms. The average Bonchev–Trinajstić information content (AvgIpc) is 2.63. The lowest BCUT2D eigenvalue weighted by atomic mass is 10.1. The quantitative estimate of drug-likeness (QED) is 0.704. The lowest BCUT2D eigenvalue weighted by molar-refractivity contribution is -0.0786. The van der Waals surface area contributed by atoms with Crippen molar-refractivity contribution in [2.75, 3.05) is 12.9 Å². The highest BCUT2D eigenvalue weighted by atomic mass is 32.2. The number of thioether (sulfide) groups is 1. The van der Waals surface area contributed by atoms with Gasteiger partial charge in [-0.15, -0.1) is 11.8 Å². The minimum absolute atomic E-state index is 0.280. The van der Waals surface area contributed by atoms with E-state index < -0.39 is 23.7 Å². The molecule has 3 heterocycles. The molecule has 2 aromatic rings. The van der Waals surface area contributed by atoms with E-state index in [9.17, 15) is 15.3 Å². The van der Waals surface area contributed by atoms with E-state index >= 15 is 0 Å². The number of pyridine rings is 1. The Morgan fingerprint density at radius 1 is 1.04 bits per heavy atom. The molecule has 0 amide bonds. The molecule has 2 aromatic heterocycles. The molecule has 0 aliphatic carbocycles. The zero-order valence-corrected chi connectivity index (χ0v) is 13.6. The van der Waals surface area contributed by atoms with Crippen LogP contribution < -0.4 is 9.47 Å². The van der Waals surface area contributed by atoms with Crippen LogP contribution in [0.4, 0.5) is 0 Å². The van der Waals surface area contributed by atoms with Gasteiger partial charge in [0.05, 0.1) is 25.1 Å². The molecule has 9 heteroatoms. The highest BCUT2D eigenvalue weighted by Gasteiger charge is 2.38. The summed E-state index contributed by atoms with van der Waals surface area (Å²) >= 11 is 1.24. The Kier molecular flexibility index (Phi) is 5.14. The average molecular weight is 351 g/mol. The van der Waals surface area contributed by atoms with Crippen LogP contribution in [-0.2, 0) is 0 Å². The number of hydrogen-bond acceptors (Lipinski definition) is 9. The van der Waals surface area contributed by atoms with Crippen molar-refractivity contribution in [3.8, 4) is 23.0 Å². The molecule has 0 saturated carbocycles. The molecule has 1 saturated heterocycles. The standard InChI is InChI=1S/C15H17N3O5S/c1-22-15-17-4-8(5-18-15)10-3-2-9(6-16-10)23-14-13(21)12(20)11(19)7-24-14/h2-6,11-14,19-21H,7H2,1H3/t11-,12+,13-,14+/m1/s1. The number of aliphatic hydroxyl groups is 3. The molecule has 0 unspecified atom stereocenters. The fourth-order valence-corrected chi connectivity index (χ4v) is 3.31. The van der Waals surface area contributed by atoms with Crippen molar-refractivity contribution >= 4 is 11.8 Å². The van der Waals surface area contributed by atoms with Crippen molar-refractivity contribution in [2.45, 2.75) is 23.7 Å². The fourth-order valence-electron chi connectivity index (χ4n) is 2.19. The topological polar surface area (TPSA) is 118 Å². The normalized spacial score (nSPS) is 26.8. The summed E-state index contributed by atoms with van der Waals surface area (Å²) in [6.07, 6.45) is 1.37. The van der Waals surface area contributed by atoms with Crippen LogP contribution in [-0.4, -0.2) is 66.9 Å². The summed E-state index contributed by atoms with van der Waals surface area (Å²) in [5, 5.41) is 29.2. The molecule has 3 rings (SSSR count). The predicted molar refractivity (Wildman–Crippen MR) is 86.7 cm³/mol. The molecule has 1 aliphatic rings. The van der Waals surface area contributed by atoms with Crippen molar-refractivity contribution in [3.05, 3.63) is 30.7 Å². The molecule has 4 atom stereocenters. The molecule has 0 aromatic carbocycles. The number of ether oxygens (including phenoxy) is 2. The van der Waals surface area contributed by atoms with Crippen LogP contribution >= 0.6 is 11.8 Å². The fraction of sp³-hybridized carbons (Fsp3) is 0.400. The maximum Gasteiger partial charge on any atom is 0.316 e. The summed E-state index contributed by atoms with van der Waals surface area (Å²) in [4.78, 5) is 12.3. The Morgan fingerprint density at radius 3 is 2.42 bits per heavy atom. The number of methoxy groups -OCH3 is 1. The summed E-state index contributed by atoms with van der Waals surface area (Å²) < 4.78 is 10.5. The van der Waals surface area contributed by atoms with Crippen LogP contribution in [0.25, 0.3) is 11.3 Å². The Balaban J connectivity index is 1.68. The second-order valence-electron chi connectivity index (χ2n) is 5.21. The lowest BCUT2D eigenvalue weighted by Crippen LogP contribution is -2.50. The van der Waals surface area contributed by atoms with E-state index in [0.717, 1.165) is 5.56 Å². The van der Waals surface area contributed by atoms with Gasteiger partial charge in [0.2, 0.25) is 0 Å². The van der Waals surface area contributed by atoms with Gasteiger partial charge in [0.1, 0.15) is 18.0 Å². The monoisotopic (exact) mass is 351 g/mol. The third-order valence-electron chi connectivity index (χ3n) is 3.55. The molecular formula is C15H17N3O5S. The van der Waals surface area contributed by atoms with E-state index in [0.29, 0.717) is 11.4 Å². The van der Waals surface area contributed by atoms with Gasteiger partial charge in [0.25, 0.3) is 0 Å². The van der Waals surface area contributed by atoms with Crippen molar-refractivity contribution in [3.63, 3.8) is 0 Å². The van der Waals surface area contributed by atoms with Crippen LogP contribution in [0.5, 0.6) is 11.8 Å². The van der Waals surface area contributed by atoms with Crippen molar-refractivity contribution in [1.82, 2.24) is 15.0 Å². The van der Waals surface area contributed by atoms with Gasteiger partial charge in [0.15, 0.2) is 5.44 Å². The van der Waals surface area contributed by atoms with Gasteiger partial charge < -0.3 is 24.8 Å². The highest BCUT2D eigenvalue weighted by Crippen LogP contribution is 2.29. The van der Waals surface area contributed by atoms with Crippen molar-refractivity contribution in [1.29, 1.82) is 0 Å². The molecule has 1 fully saturated rings. The van der Waals surface area contributed by atoms with Crippen molar-refractivity contribution < 1.29 is 24.8 Å². The first kappa shape index (κ1) is 16.9. The summed E-state index contributed by atoms with van der Waals surface area (Å²) in [5.74, 6) is 0.741. The zero-order valence-electron chi connectivity index (χ0n) is 12.8. The first-order valence-corrected chi connectivity index (χ1v) is 8.28.